The molecule has 3 rings (SSSR count). The Labute approximate surface area is 224 Å². The van der Waals surface area contributed by atoms with Crippen molar-refractivity contribution in [3.63, 3.8) is 0 Å². The summed E-state index contributed by atoms with van der Waals surface area (Å²) in [5.74, 6) is -0.745. The molecule has 0 saturated heterocycles. The monoisotopic (exact) mass is 514 g/mol. The van der Waals surface area contributed by atoms with Crippen LogP contribution < -0.4 is 14.2 Å². The molecule has 0 spiro atoms. The molecular formula is C32H34O6. The van der Waals surface area contributed by atoms with Crippen LogP contribution in [0.3, 0.4) is 0 Å². The molecule has 1 atom stereocenters. The third kappa shape index (κ3) is 6.97. The fourth-order valence-corrected chi connectivity index (χ4v) is 4.18. The normalized spacial score (nSPS) is 16.2. The Balaban J connectivity index is 2.13. The fraction of sp³-hybridized carbons (Fsp3) is 0.281. The van der Waals surface area contributed by atoms with Gasteiger partial charge in [-0.25, -0.2) is 14.4 Å². The summed E-state index contributed by atoms with van der Waals surface area (Å²) in [7, 11) is 0. The van der Waals surface area contributed by atoms with E-state index in [4.69, 9.17) is 14.2 Å². The minimum atomic E-state index is -0.626. The molecule has 2 aromatic rings. The molecule has 198 valence electrons. The van der Waals surface area contributed by atoms with Crippen LogP contribution in [0.2, 0.25) is 0 Å². The number of benzene rings is 2. The van der Waals surface area contributed by atoms with Crippen molar-refractivity contribution in [2.45, 2.75) is 53.4 Å². The van der Waals surface area contributed by atoms with Gasteiger partial charge in [-0.2, -0.15) is 0 Å². The molecule has 2 aromatic carbocycles. The Morgan fingerprint density at radius 3 is 1.79 bits per heavy atom. The Kier molecular flexibility index (Phi) is 9.24. The van der Waals surface area contributed by atoms with Crippen molar-refractivity contribution in [1.29, 1.82) is 0 Å². The van der Waals surface area contributed by atoms with Crippen LogP contribution in [-0.2, 0) is 14.4 Å². The standard InChI is InChI=1S/C32H34O6/c1-19(2)30(33)36-25-15-12-23(13-16-25)29(26-11-9-8-10-22(26)7)24-14-17-27(37-31(34)20(3)4)28(18-24)38-32(35)21(5)6/h12-18,22H,1,3,5,8-11H2,2,4,6-7H3/b29-26-. The highest BCUT2D eigenvalue weighted by molar-refractivity contribution is 5.92. The van der Waals surface area contributed by atoms with Crippen LogP contribution in [0.15, 0.2) is 84.5 Å². The zero-order valence-electron chi connectivity index (χ0n) is 22.5. The van der Waals surface area contributed by atoms with Crippen molar-refractivity contribution in [3.8, 4) is 17.2 Å². The summed E-state index contributed by atoms with van der Waals surface area (Å²) in [5, 5.41) is 0. The molecule has 0 amide bonds. The second kappa shape index (κ2) is 12.4. The van der Waals surface area contributed by atoms with Crippen molar-refractivity contribution in [1.82, 2.24) is 0 Å². The van der Waals surface area contributed by atoms with Gasteiger partial charge in [-0.1, -0.05) is 56.9 Å². The lowest BCUT2D eigenvalue weighted by Crippen LogP contribution is -2.13. The van der Waals surface area contributed by atoms with Crippen molar-refractivity contribution in [2.75, 3.05) is 0 Å². The third-order valence-electron chi connectivity index (χ3n) is 6.29. The molecule has 1 unspecified atom stereocenters. The van der Waals surface area contributed by atoms with E-state index in [9.17, 15) is 14.4 Å². The van der Waals surface area contributed by atoms with E-state index in [2.05, 4.69) is 26.7 Å². The average Bonchev–Trinajstić information content (AvgIpc) is 2.87. The van der Waals surface area contributed by atoms with Gasteiger partial charge in [0.1, 0.15) is 5.75 Å². The van der Waals surface area contributed by atoms with E-state index in [1.165, 1.54) is 5.57 Å². The first kappa shape index (κ1) is 28.4. The van der Waals surface area contributed by atoms with Crippen LogP contribution in [0.4, 0.5) is 0 Å². The van der Waals surface area contributed by atoms with Crippen LogP contribution in [0.5, 0.6) is 17.2 Å². The van der Waals surface area contributed by atoms with E-state index in [0.717, 1.165) is 42.4 Å². The molecule has 1 saturated carbocycles. The van der Waals surface area contributed by atoms with Crippen molar-refractivity contribution >= 4 is 23.5 Å². The van der Waals surface area contributed by atoms with E-state index in [0.29, 0.717) is 17.2 Å². The molecule has 6 nitrogen and oxygen atoms in total. The van der Waals surface area contributed by atoms with Gasteiger partial charge in [0.15, 0.2) is 11.5 Å². The number of carbonyl (C=O) groups is 3. The summed E-state index contributed by atoms with van der Waals surface area (Å²) < 4.78 is 16.4. The predicted octanol–water partition coefficient (Wildman–Crippen LogP) is 7.14. The van der Waals surface area contributed by atoms with Gasteiger partial charge in [-0.3, -0.25) is 0 Å². The summed E-state index contributed by atoms with van der Waals surface area (Å²) in [5.41, 5.74) is 4.77. The van der Waals surface area contributed by atoms with Crippen molar-refractivity contribution in [3.05, 3.63) is 95.6 Å². The zero-order valence-corrected chi connectivity index (χ0v) is 22.5. The summed E-state index contributed by atoms with van der Waals surface area (Å²) in [4.78, 5) is 36.6. The molecule has 6 heteroatoms. The van der Waals surface area contributed by atoms with Crippen LogP contribution in [0, 0.1) is 5.92 Å². The number of hydrogen-bond acceptors (Lipinski definition) is 6. The molecule has 1 aliphatic rings. The SMILES string of the molecule is C=C(C)C(=O)Oc1ccc(/C(=C2\CCCCC2C)c2ccc(OC(=O)C(=C)C)c(OC(=O)C(=C)C)c2)cc1. The highest BCUT2D eigenvalue weighted by atomic mass is 16.6. The molecule has 0 aliphatic heterocycles. The lowest BCUT2D eigenvalue weighted by Gasteiger charge is -2.26. The maximum absolute atomic E-state index is 12.4. The first-order valence-corrected chi connectivity index (χ1v) is 12.6. The number of esters is 3. The van der Waals surface area contributed by atoms with Gasteiger partial charge in [-0.05, 0) is 86.9 Å². The van der Waals surface area contributed by atoms with Gasteiger partial charge in [0, 0.05) is 16.7 Å². The smallest absolute Gasteiger partial charge is 0.338 e. The first-order chi connectivity index (χ1) is 18.0. The Morgan fingerprint density at radius 2 is 1.24 bits per heavy atom. The largest absolute Gasteiger partial charge is 0.423 e. The van der Waals surface area contributed by atoms with Gasteiger partial charge < -0.3 is 14.2 Å². The summed E-state index contributed by atoms with van der Waals surface area (Å²) in [6.07, 6.45) is 4.23. The molecule has 1 fully saturated rings. The van der Waals surface area contributed by atoms with E-state index in [1.54, 1.807) is 45.0 Å². The van der Waals surface area contributed by atoms with Gasteiger partial charge >= 0.3 is 17.9 Å². The number of hydrogen-bond donors (Lipinski definition) is 0. The quantitative estimate of drug-likeness (QED) is 0.212. The van der Waals surface area contributed by atoms with Crippen molar-refractivity contribution < 1.29 is 28.6 Å². The molecular weight excluding hydrogens is 480 g/mol. The Hall–Kier alpha value is -4.19. The first-order valence-electron chi connectivity index (χ1n) is 12.6. The predicted molar refractivity (Wildman–Crippen MR) is 148 cm³/mol. The second-order valence-electron chi connectivity index (χ2n) is 9.74. The number of ether oxygens (including phenoxy) is 3. The molecule has 1 aliphatic carbocycles. The molecule has 0 bridgehead atoms. The molecule has 0 radical (unpaired) electrons. The van der Waals surface area contributed by atoms with Crippen LogP contribution >= 0.6 is 0 Å². The van der Waals surface area contributed by atoms with E-state index in [1.807, 2.05) is 18.2 Å². The van der Waals surface area contributed by atoms with E-state index in [-0.39, 0.29) is 22.6 Å². The van der Waals surface area contributed by atoms with E-state index < -0.39 is 17.9 Å². The maximum Gasteiger partial charge on any atom is 0.338 e. The lowest BCUT2D eigenvalue weighted by atomic mass is 9.79. The Bertz CT molecular complexity index is 1330. The third-order valence-corrected chi connectivity index (χ3v) is 6.29. The van der Waals surface area contributed by atoms with E-state index >= 15 is 0 Å². The highest BCUT2D eigenvalue weighted by Crippen LogP contribution is 2.41. The van der Waals surface area contributed by atoms with Gasteiger partial charge in [0.2, 0.25) is 0 Å². The fourth-order valence-electron chi connectivity index (χ4n) is 4.18. The van der Waals surface area contributed by atoms with Gasteiger partial charge in [0.25, 0.3) is 0 Å². The summed E-state index contributed by atoms with van der Waals surface area (Å²) in [6, 6.07) is 12.5. The second-order valence-corrected chi connectivity index (χ2v) is 9.74. The number of allylic oxidation sites excluding steroid dienone is 1. The molecule has 0 aromatic heterocycles. The molecule has 0 N–H and O–H groups in total. The summed E-state index contributed by atoms with van der Waals surface area (Å²) >= 11 is 0. The Morgan fingerprint density at radius 1 is 0.711 bits per heavy atom. The number of carbonyl (C=O) groups excluding carboxylic acids is 3. The molecule has 38 heavy (non-hydrogen) atoms. The van der Waals surface area contributed by atoms with Crippen LogP contribution in [0.25, 0.3) is 5.57 Å². The van der Waals surface area contributed by atoms with Crippen LogP contribution in [-0.4, -0.2) is 17.9 Å². The topological polar surface area (TPSA) is 78.9 Å². The summed E-state index contributed by atoms with van der Waals surface area (Å²) in [6.45, 7) is 17.8. The van der Waals surface area contributed by atoms with Gasteiger partial charge in [0.05, 0.1) is 0 Å². The van der Waals surface area contributed by atoms with Crippen molar-refractivity contribution in [2.24, 2.45) is 5.92 Å². The van der Waals surface area contributed by atoms with Gasteiger partial charge in [-0.15, -0.1) is 0 Å². The zero-order chi connectivity index (χ0) is 28.0. The minimum Gasteiger partial charge on any atom is -0.423 e. The number of rotatable bonds is 8. The lowest BCUT2D eigenvalue weighted by molar-refractivity contribution is -0.132. The average molecular weight is 515 g/mol. The highest BCUT2D eigenvalue weighted by Gasteiger charge is 2.23. The van der Waals surface area contributed by atoms with Crippen LogP contribution in [0.1, 0.15) is 64.5 Å². The maximum atomic E-state index is 12.4. The molecule has 0 heterocycles. The minimum absolute atomic E-state index is 0.110.